The van der Waals surface area contributed by atoms with E-state index in [-0.39, 0.29) is 23.1 Å². The standard InChI is InChI=1S/C12H9BrF3NO2/c1-2-19-11(18)5-7-8(6-17)9(12(14,15)16)3-4-10(7)13/h3-4H,2,5H2,1H3. The van der Waals surface area contributed by atoms with Gasteiger partial charge in [-0.05, 0) is 24.6 Å². The van der Waals surface area contributed by atoms with E-state index in [2.05, 4.69) is 20.7 Å². The molecule has 0 radical (unpaired) electrons. The molecule has 0 spiro atoms. The van der Waals surface area contributed by atoms with Crippen LogP contribution in [0.2, 0.25) is 0 Å². The van der Waals surface area contributed by atoms with E-state index in [1.54, 1.807) is 6.92 Å². The zero-order valence-corrected chi connectivity index (χ0v) is 11.4. The summed E-state index contributed by atoms with van der Waals surface area (Å²) in [6.45, 7) is 1.71. The molecule has 0 aliphatic carbocycles. The molecule has 0 heterocycles. The first-order valence-electron chi connectivity index (χ1n) is 5.25. The largest absolute Gasteiger partial charge is 0.466 e. The molecule has 0 atom stereocenters. The van der Waals surface area contributed by atoms with Crippen LogP contribution in [0.3, 0.4) is 0 Å². The number of alkyl halides is 3. The average Bonchev–Trinajstić information content (AvgIpc) is 2.30. The summed E-state index contributed by atoms with van der Waals surface area (Å²) in [6, 6.07) is 3.47. The Morgan fingerprint density at radius 3 is 2.58 bits per heavy atom. The highest BCUT2D eigenvalue weighted by Gasteiger charge is 2.35. The summed E-state index contributed by atoms with van der Waals surface area (Å²) in [5.41, 5.74) is -1.64. The molecule has 1 rings (SSSR count). The summed E-state index contributed by atoms with van der Waals surface area (Å²) >= 11 is 3.04. The van der Waals surface area contributed by atoms with Crippen molar-refractivity contribution in [3.05, 3.63) is 33.3 Å². The number of carbonyl (C=O) groups is 1. The van der Waals surface area contributed by atoms with Crippen LogP contribution in [0.15, 0.2) is 16.6 Å². The van der Waals surface area contributed by atoms with E-state index in [1.807, 2.05) is 0 Å². The van der Waals surface area contributed by atoms with Gasteiger partial charge >= 0.3 is 12.1 Å². The molecule has 1 aromatic carbocycles. The molecule has 0 saturated heterocycles. The van der Waals surface area contributed by atoms with Gasteiger partial charge in [-0.1, -0.05) is 15.9 Å². The van der Waals surface area contributed by atoms with Gasteiger partial charge in [0.1, 0.15) is 6.07 Å². The maximum absolute atomic E-state index is 12.7. The van der Waals surface area contributed by atoms with E-state index < -0.39 is 23.3 Å². The van der Waals surface area contributed by atoms with E-state index in [4.69, 9.17) is 5.26 Å². The molecule has 19 heavy (non-hydrogen) atoms. The minimum Gasteiger partial charge on any atom is -0.466 e. The second kappa shape index (κ2) is 6.06. The molecule has 0 saturated carbocycles. The van der Waals surface area contributed by atoms with Crippen LogP contribution in [0.5, 0.6) is 0 Å². The van der Waals surface area contributed by atoms with Crippen molar-refractivity contribution in [3.8, 4) is 6.07 Å². The first kappa shape index (κ1) is 15.5. The second-order valence-corrected chi connectivity index (χ2v) is 4.39. The molecule has 3 nitrogen and oxygen atoms in total. The number of nitriles is 1. The van der Waals surface area contributed by atoms with E-state index >= 15 is 0 Å². The maximum Gasteiger partial charge on any atom is 0.417 e. The van der Waals surface area contributed by atoms with Gasteiger partial charge in [-0.3, -0.25) is 4.79 Å². The number of rotatable bonds is 3. The number of hydrogen-bond acceptors (Lipinski definition) is 3. The van der Waals surface area contributed by atoms with Crippen molar-refractivity contribution < 1.29 is 22.7 Å². The molecule has 0 aliphatic rings. The van der Waals surface area contributed by atoms with Crippen LogP contribution in [-0.2, 0) is 22.1 Å². The molecule has 0 fully saturated rings. The number of hydrogen-bond donors (Lipinski definition) is 0. The van der Waals surface area contributed by atoms with Crippen LogP contribution < -0.4 is 0 Å². The Bertz CT molecular complexity index is 535. The highest BCUT2D eigenvalue weighted by molar-refractivity contribution is 9.10. The Kier molecular flexibility index (Phi) is 4.95. The Hall–Kier alpha value is -1.55. The highest BCUT2D eigenvalue weighted by Crippen LogP contribution is 2.35. The molecule has 0 amide bonds. The molecule has 0 N–H and O–H groups in total. The number of carbonyl (C=O) groups excluding carboxylic acids is 1. The van der Waals surface area contributed by atoms with Gasteiger partial charge in [0.05, 0.1) is 24.2 Å². The lowest BCUT2D eigenvalue weighted by molar-refractivity contribution is -0.142. The lowest BCUT2D eigenvalue weighted by atomic mass is 9.99. The van der Waals surface area contributed by atoms with Crippen molar-refractivity contribution in [2.45, 2.75) is 19.5 Å². The van der Waals surface area contributed by atoms with Crippen molar-refractivity contribution in [1.82, 2.24) is 0 Å². The monoisotopic (exact) mass is 335 g/mol. The zero-order valence-electron chi connectivity index (χ0n) is 9.84. The Morgan fingerprint density at radius 1 is 1.47 bits per heavy atom. The van der Waals surface area contributed by atoms with Crippen LogP contribution in [0.4, 0.5) is 13.2 Å². The minimum absolute atomic E-state index is 0.0178. The maximum atomic E-state index is 12.7. The van der Waals surface area contributed by atoms with Gasteiger partial charge in [0.25, 0.3) is 0 Å². The van der Waals surface area contributed by atoms with Crippen molar-refractivity contribution in [1.29, 1.82) is 5.26 Å². The molecule has 0 aliphatic heterocycles. The minimum atomic E-state index is -4.64. The normalized spacial score (nSPS) is 10.9. The van der Waals surface area contributed by atoms with Crippen molar-refractivity contribution in [2.24, 2.45) is 0 Å². The van der Waals surface area contributed by atoms with Gasteiger partial charge in [0, 0.05) is 4.47 Å². The Balaban J connectivity index is 3.31. The smallest absolute Gasteiger partial charge is 0.417 e. The Labute approximate surface area is 116 Å². The number of ether oxygens (including phenoxy) is 1. The van der Waals surface area contributed by atoms with Crippen LogP contribution >= 0.6 is 15.9 Å². The average molecular weight is 336 g/mol. The number of esters is 1. The quantitative estimate of drug-likeness (QED) is 0.795. The number of halogens is 4. The van der Waals surface area contributed by atoms with E-state index in [0.29, 0.717) is 0 Å². The van der Waals surface area contributed by atoms with E-state index in [0.717, 1.165) is 12.1 Å². The highest BCUT2D eigenvalue weighted by atomic mass is 79.9. The van der Waals surface area contributed by atoms with Crippen LogP contribution in [0, 0.1) is 11.3 Å². The van der Waals surface area contributed by atoms with Gasteiger partial charge in [0.15, 0.2) is 0 Å². The molecule has 102 valence electrons. The Morgan fingerprint density at radius 2 is 2.11 bits per heavy atom. The fourth-order valence-corrected chi connectivity index (χ4v) is 1.99. The van der Waals surface area contributed by atoms with Crippen LogP contribution in [0.25, 0.3) is 0 Å². The van der Waals surface area contributed by atoms with Crippen molar-refractivity contribution >= 4 is 21.9 Å². The van der Waals surface area contributed by atoms with Gasteiger partial charge in [-0.25, -0.2) is 0 Å². The van der Waals surface area contributed by atoms with Gasteiger partial charge in [-0.15, -0.1) is 0 Å². The SMILES string of the molecule is CCOC(=O)Cc1c(Br)ccc(C(F)(F)F)c1C#N. The van der Waals surface area contributed by atoms with Crippen molar-refractivity contribution in [2.75, 3.05) is 6.61 Å². The summed E-state index contributed by atoms with van der Waals surface area (Å²) in [7, 11) is 0. The summed E-state index contributed by atoms with van der Waals surface area (Å²) in [6.07, 6.45) is -5.03. The summed E-state index contributed by atoms with van der Waals surface area (Å²) in [4.78, 5) is 11.4. The summed E-state index contributed by atoms with van der Waals surface area (Å²) in [5, 5.41) is 8.91. The predicted molar refractivity (Wildman–Crippen MR) is 64.2 cm³/mol. The molecule has 0 unspecified atom stereocenters. The number of benzene rings is 1. The van der Waals surface area contributed by atoms with Crippen LogP contribution in [0.1, 0.15) is 23.6 Å². The third kappa shape index (κ3) is 3.70. The first-order valence-corrected chi connectivity index (χ1v) is 6.04. The number of nitrogens with zero attached hydrogens (tertiary/aromatic N) is 1. The van der Waals surface area contributed by atoms with E-state index in [1.165, 1.54) is 6.07 Å². The van der Waals surface area contributed by atoms with Gasteiger partial charge in [0.2, 0.25) is 0 Å². The van der Waals surface area contributed by atoms with Gasteiger partial charge < -0.3 is 4.74 Å². The molecule has 1 aromatic rings. The first-order chi connectivity index (χ1) is 8.81. The molecular formula is C12H9BrF3NO2. The zero-order chi connectivity index (χ0) is 14.6. The fourth-order valence-electron chi connectivity index (χ4n) is 1.52. The lowest BCUT2D eigenvalue weighted by Gasteiger charge is -2.13. The molecule has 7 heteroatoms. The predicted octanol–water partition coefficient (Wildman–Crippen LogP) is 3.45. The third-order valence-corrected chi connectivity index (χ3v) is 3.04. The fraction of sp³-hybridized carbons (Fsp3) is 0.333. The third-order valence-electron chi connectivity index (χ3n) is 2.30. The van der Waals surface area contributed by atoms with Crippen LogP contribution in [-0.4, -0.2) is 12.6 Å². The van der Waals surface area contributed by atoms with Gasteiger partial charge in [-0.2, -0.15) is 18.4 Å². The van der Waals surface area contributed by atoms with E-state index in [9.17, 15) is 18.0 Å². The van der Waals surface area contributed by atoms with Crippen molar-refractivity contribution in [3.63, 3.8) is 0 Å². The molecular weight excluding hydrogens is 327 g/mol. The summed E-state index contributed by atoms with van der Waals surface area (Å²) < 4.78 is 43.2. The topological polar surface area (TPSA) is 50.1 Å². The lowest BCUT2D eigenvalue weighted by Crippen LogP contribution is -2.14. The second-order valence-electron chi connectivity index (χ2n) is 3.54. The molecule has 0 aromatic heterocycles. The summed E-state index contributed by atoms with van der Waals surface area (Å²) in [5.74, 6) is -0.681. The molecule has 0 bridgehead atoms.